The second-order valence-corrected chi connectivity index (χ2v) is 6.91. The molecule has 0 saturated carbocycles. The number of aryl methyl sites for hydroxylation is 1. The largest absolute Gasteiger partial charge is 0.376 e. The molecule has 0 radical (unpaired) electrons. The third-order valence-corrected chi connectivity index (χ3v) is 4.98. The molecule has 5 heteroatoms. The summed E-state index contributed by atoms with van der Waals surface area (Å²) in [7, 11) is 0. The summed E-state index contributed by atoms with van der Waals surface area (Å²) in [6.45, 7) is 6.10. The van der Waals surface area contributed by atoms with Crippen molar-refractivity contribution in [2.45, 2.75) is 45.9 Å². The molecule has 0 unspecified atom stereocenters. The van der Waals surface area contributed by atoms with Crippen LogP contribution in [0.25, 0.3) is 6.08 Å². The Labute approximate surface area is 160 Å². The summed E-state index contributed by atoms with van der Waals surface area (Å²) in [5.41, 5.74) is 4.17. The van der Waals surface area contributed by atoms with Crippen LogP contribution in [0.2, 0.25) is 0 Å². The molecule has 140 valence electrons. The van der Waals surface area contributed by atoms with Crippen molar-refractivity contribution in [2.75, 3.05) is 6.61 Å². The van der Waals surface area contributed by atoms with E-state index in [1.807, 2.05) is 56.3 Å². The van der Waals surface area contributed by atoms with Crippen LogP contribution in [0.15, 0.2) is 42.0 Å². The average Bonchev–Trinajstić information content (AvgIpc) is 3.29. The number of amides is 1. The predicted octanol–water partition coefficient (Wildman–Crippen LogP) is 3.51. The third-order valence-electron chi connectivity index (χ3n) is 4.98. The van der Waals surface area contributed by atoms with E-state index in [2.05, 4.69) is 9.88 Å². The average molecular weight is 363 g/mol. The van der Waals surface area contributed by atoms with Gasteiger partial charge < -0.3 is 14.6 Å². The Bertz CT molecular complexity index is 869. The summed E-state index contributed by atoms with van der Waals surface area (Å²) in [6.07, 6.45) is 4.11. The second kappa shape index (κ2) is 8.70. The van der Waals surface area contributed by atoms with Crippen LogP contribution in [0.1, 0.15) is 35.4 Å². The maximum Gasteiger partial charge on any atom is 0.262 e. The van der Waals surface area contributed by atoms with Crippen LogP contribution in [0.4, 0.5) is 0 Å². The highest BCUT2D eigenvalue weighted by molar-refractivity contribution is 6.01. The zero-order chi connectivity index (χ0) is 19.2. The quantitative estimate of drug-likeness (QED) is 0.631. The Kier molecular flexibility index (Phi) is 6.10. The Hall–Kier alpha value is -2.84. The molecule has 1 atom stereocenters. The molecule has 1 aliphatic rings. The molecule has 1 saturated heterocycles. The molecule has 2 aromatic rings. The summed E-state index contributed by atoms with van der Waals surface area (Å²) < 4.78 is 7.94. The van der Waals surface area contributed by atoms with Crippen molar-refractivity contribution in [3.63, 3.8) is 0 Å². The Morgan fingerprint density at radius 2 is 2.15 bits per heavy atom. The molecule has 0 bridgehead atoms. The van der Waals surface area contributed by atoms with Gasteiger partial charge in [-0.05, 0) is 50.0 Å². The highest BCUT2D eigenvalue weighted by Gasteiger charge is 2.19. The van der Waals surface area contributed by atoms with Crippen molar-refractivity contribution in [3.8, 4) is 6.07 Å². The standard InChI is InChI=1S/C22H25N3O2/c1-16-11-19(17(2)25(16)15-21-9-6-10-27-21)12-20(13-23)22(26)24-14-18-7-4-3-5-8-18/h3-5,7-8,11-12,21H,6,9-10,14-15H2,1-2H3,(H,24,26)/b20-12+/t21-/m1/s1. The molecular weight excluding hydrogens is 338 g/mol. The highest BCUT2D eigenvalue weighted by Crippen LogP contribution is 2.22. The minimum Gasteiger partial charge on any atom is -0.376 e. The number of carbonyl (C=O) groups is 1. The van der Waals surface area contributed by atoms with Crippen molar-refractivity contribution < 1.29 is 9.53 Å². The normalized spacial score (nSPS) is 16.9. The lowest BCUT2D eigenvalue weighted by Gasteiger charge is -2.14. The van der Waals surface area contributed by atoms with Gasteiger partial charge in [0.05, 0.1) is 6.10 Å². The van der Waals surface area contributed by atoms with Crippen molar-refractivity contribution in [3.05, 3.63) is 64.5 Å². The van der Waals surface area contributed by atoms with Crippen molar-refractivity contribution in [2.24, 2.45) is 0 Å². The topological polar surface area (TPSA) is 67.0 Å². The van der Waals surface area contributed by atoms with Crippen LogP contribution in [-0.4, -0.2) is 23.2 Å². The molecule has 1 amide bonds. The molecule has 27 heavy (non-hydrogen) atoms. The smallest absolute Gasteiger partial charge is 0.262 e. The van der Waals surface area contributed by atoms with Crippen LogP contribution in [-0.2, 0) is 22.6 Å². The molecule has 1 aromatic heterocycles. The van der Waals surface area contributed by atoms with Crippen LogP contribution < -0.4 is 5.32 Å². The maximum absolute atomic E-state index is 12.4. The monoisotopic (exact) mass is 363 g/mol. The van der Waals surface area contributed by atoms with E-state index >= 15 is 0 Å². The molecule has 1 fully saturated rings. The van der Waals surface area contributed by atoms with Crippen LogP contribution in [0.3, 0.4) is 0 Å². The van der Waals surface area contributed by atoms with E-state index in [0.717, 1.165) is 48.5 Å². The number of nitrogens with one attached hydrogen (secondary N) is 1. The molecule has 3 rings (SSSR count). The van der Waals surface area contributed by atoms with Gasteiger partial charge >= 0.3 is 0 Å². The van der Waals surface area contributed by atoms with Crippen LogP contribution in [0.5, 0.6) is 0 Å². The number of benzene rings is 1. The van der Waals surface area contributed by atoms with Crippen LogP contribution in [0, 0.1) is 25.2 Å². The number of rotatable bonds is 6. The summed E-state index contributed by atoms with van der Waals surface area (Å²) in [5.74, 6) is -0.356. The fraction of sp³-hybridized carbons (Fsp3) is 0.364. The van der Waals surface area contributed by atoms with Gasteiger partial charge in [-0.15, -0.1) is 0 Å². The SMILES string of the molecule is Cc1cc(/C=C(\C#N)C(=O)NCc2ccccc2)c(C)n1C[C@H]1CCCO1. The van der Waals surface area contributed by atoms with E-state index in [-0.39, 0.29) is 17.6 Å². The summed E-state index contributed by atoms with van der Waals surface area (Å²) in [6, 6.07) is 13.7. The molecule has 0 spiro atoms. The minimum atomic E-state index is -0.356. The van der Waals surface area contributed by atoms with Gasteiger partial charge in [-0.2, -0.15) is 5.26 Å². The molecule has 1 aliphatic heterocycles. The number of hydrogen-bond donors (Lipinski definition) is 1. The van der Waals surface area contributed by atoms with Crippen molar-refractivity contribution in [1.82, 2.24) is 9.88 Å². The number of carbonyl (C=O) groups excluding carboxylic acids is 1. The van der Waals surface area contributed by atoms with E-state index in [4.69, 9.17) is 4.74 Å². The molecule has 5 nitrogen and oxygen atoms in total. The van der Waals surface area contributed by atoms with Gasteiger partial charge in [0.1, 0.15) is 11.6 Å². The maximum atomic E-state index is 12.4. The first kappa shape index (κ1) is 18.9. The van der Waals surface area contributed by atoms with Crippen molar-refractivity contribution >= 4 is 12.0 Å². The number of aromatic nitrogens is 1. The van der Waals surface area contributed by atoms with E-state index in [9.17, 15) is 10.1 Å². The van der Waals surface area contributed by atoms with Gasteiger partial charge in [-0.1, -0.05) is 30.3 Å². The molecule has 0 aliphatic carbocycles. The highest BCUT2D eigenvalue weighted by atomic mass is 16.5. The third kappa shape index (κ3) is 4.66. The van der Waals surface area contributed by atoms with Gasteiger partial charge in [0, 0.05) is 31.1 Å². The minimum absolute atomic E-state index is 0.114. The van der Waals surface area contributed by atoms with E-state index in [1.165, 1.54) is 0 Å². The predicted molar refractivity (Wildman–Crippen MR) is 105 cm³/mol. The summed E-state index contributed by atoms with van der Waals surface area (Å²) in [5, 5.41) is 12.3. The second-order valence-electron chi connectivity index (χ2n) is 6.91. The van der Waals surface area contributed by atoms with E-state index < -0.39 is 0 Å². The van der Waals surface area contributed by atoms with E-state index in [1.54, 1.807) is 6.08 Å². The van der Waals surface area contributed by atoms with Gasteiger partial charge in [-0.3, -0.25) is 4.79 Å². The first-order valence-corrected chi connectivity index (χ1v) is 9.30. The molecule has 1 aromatic carbocycles. The fourth-order valence-corrected chi connectivity index (χ4v) is 3.42. The first-order valence-electron chi connectivity index (χ1n) is 9.30. The lowest BCUT2D eigenvalue weighted by atomic mass is 10.1. The molecule has 2 heterocycles. The molecule has 1 N–H and O–H groups in total. The zero-order valence-corrected chi connectivity index (χ0v) is 15.9. The van der Waals surface area contributed by atoms with Gasteiger partial charge in [0.15, 0.2) is 0 Å². The molecular formula is C22H25N3O2. The van der Waals surface area contributed by atoms with Crippen LogP contribution >= 0.6 is 0 Å². The Balaban J connectivity index is 1.73. The zero-order valence-electron chi connectivity index (χ0n) is 15.9. The number of ether oxygens (including phenoxy) is 1. The van der Waals surface area contributed by atoms with E-state index in [0.29, 0.717) is 6.54 Å². The van der Waals surface area contributed by atoms with Crippen molar-refractivity contribution in [1.29, 1.82) is 5.26 Å². The first-order chi connectivity index (χ1) is 13.1. The van der Waals surface area contributed by atoms with Gasteiger partial charge in [0.2, 0.25) is 0 Å². The lowest BCUT2D eigenvalue weighted by molar-refractivity contribution is -0.117. The van der Waals surface area contributed by atoms with Gasteiger partial charge in [0.25, 0.3) is 5.91 Å². The Morgan fingerprint density at radius 3 is 2.81 bits per heavy atom. The summed E-state index contributed by atoms with van der Waals surface area (Å²) >= 11 is 0. The Morgan fingerprint density at radius 1 is 1.37 bits per heavy atom. The fourth-order valence-electron chi connectivity index (χ4n) is 3.42. The number of hydrogen-bond acceptors (Lipinski definition) is 3. The van der Waals surface area contributed by atoms with Gasteiger partial charge in [-0.25, -0.2) is 0 Å². The number of nitrogens with zero attached hydrogens (tertiary/aromatic N) is 2. The summed E-state index contributed by atoms with van der Waals surface area (Å²) in [4.78, 5) is 12.4. The number of nitriles is 1. The lowest BCUT2D eigenvalue weighted by Crippen LogP contribution is -2.23.